The zero-order valence-electron chi connectivity index (χ0n) is 8.28. The van der Waals surface area contributed by atoms with Crippen LogP contribution in [0.2, 0.25) is 0 Å². The molecule has 0 amide bonds. The molecule has 0 saturated heterocycles. The average Bonchev–Trinajstić information content (AvgIpc) is 2.47. The fourth-order valence-corrected chi connectivity index (χ4v) is 1.33. The molecule has 0 atom stereocenters. The highest BCUT2D eigenvalue weighted by Gasteiger charge is 2.15. The molecule has 0 N–H and O–H groups in total. The molecule has 2 heterocycles. The lowest BCUT2D eigenvalue weighted by atomic mass is 9.92. The van der Waals surface area contributed by atoms with Crippen molar-refractivity contribution in [3.63, 3.8) is 0 Å². The molecular weight excluding hydrogens is 160 g/mol. The Kier molecular flexibility index (Phi) is 1.65. The Morgan fingerprint density at radius 3 is 2.62 bits per heavy atom. The van der Waals surface area contributed by atoms with Crippen LogP contribution in [0.5, 0.6) is 0 Å². The highest BCUT2D eigenvalue weighted by molar-refractivity contribution is 5.40. The molecule has 68 valence electrons. The van der Waals surface area contributed by atoms with E-state index >= 15 is 0 Å². The second kappa shape index (κ2) is 2.59. The van der Waals surface area contributed by atoms with Crippen LogP contribution in [-0.2, 0) is 5.41 Å². The number of aromatic nitrogens is 2. The number of hydrogen-bond acceptors (Lipinski definition) is 1. The van der Waals surface area contributed by atoms with Gasteiger partial charge in [0.05, 0.1) is 0 Å². The van der Waals surface area contributed by atoms with Crippen LogP contribution in [0.1, 0.15) is 26.5 Å². The molecule has 2 aromatic heterocycles. The van der Waals surface area contributed by atoms with E-state index in [1.807, 2.05) is 22.7 Å². The van der Waals surface area contributed by atoms with E-state index in [4.69, 9.17) is 0 Å². The number of nitrogens with zero attached hydrogens (tertiary/aromatic N) is 2. The summed E-state index contributed by atoms with van der Waals surface area (Å²) in [7, 11) is 0. The molecule has 0 bridgehead atoms. The Hall–Kier alpha value is -1.31. The molecule has 0 spiro atoms. The zero-order valence-corrected chi connectivity index (χ0v) is 8.28. The summed E-state index contributed by atoms with van der Waals surface area (Å²) in [6, 6.07) is 6.11. The summed E-state index contributed by atoms with van der Waals surface area (Å²) in [5.41, 5.74) is 2.29. The maximum absolute atomic E-state index is 4.57. The van der Waals surface area contributed by atoms with E-state index in [0.29, 0.717) is 0 Å². The quantitative estimate of drug-likeness (QED) is 0.600. The van der Waals surface area contributed by atoms with Crippen molar-refractivity contribution in [1.29, 1.82) is 0 Å². The van der Waals surface area contributed by atoms with Crippen molar-refractivity contribution in [1.82, 2.24) is 9.38 Å². The molecule has 0 fully saturated rings. The Labute approximate surface area is 78.2 Å². The van der Waals surface area contributed by atoms with Gasteiger partial charge in [-0.15, -0.1) is 0 Å². The molecule has 2 heteroatoms. The third-order valence-corrected chi connectivity index (χ3v) is 2.15. The minimum absolute atomic E-state index is 0.131. The molecule has 13 heavy (non-hydrogen) atoms. The lowest BCUT2D eigenvalue weighted by Crippen LogP contribution is -2.13. The van der Waals surface area contributed by atoms with Crippen molar-refractivity contribution < 1.29 is 0 Å². The normalized spacial score (nSPS) is 12.2. The minimum atomic E-state index is 0.131. The lowest BCUT2D eigenvalue weighted by Gasteiger charge is -2.17. The fraction of sp³-hybridized carbons (Fsp3) is 0.364. The monoisotopic (exact) mass is 174 g/mol. The second-order valence-corrected chi connectivity index (χ2v) is 4.34. The van der Waals surface area contributed by atoms with Crippen LogP contribution in [0.15, 0.2) is 30.6 Å². The second-order valence-electron chi connectivity index (χ2n) is 4.34. The molecule has 0 aliphatic carbocycles. The minimum Gasteiger partial charge on any atom is -0.309 e. The maximum Gasteiger partial charge on any atom is 0.136 e. The van der Waals surface area contributed by atoms with Crippen LogP contribution in [0.25, 0.3) is 5.65 Å². The Morgan fingerprint density at radius 2 is 1.92 bits per heavy atom. The molecule has 0 saturated carbocycles. The van der Waals surface area contributed by atoms with Gasteiger partial charge in [-0.2, -0.15) is 0 Å². The molecule has 2 rings (SSSR count). The van der Waals surface area contributed by atoms with Gasteiger partial charge in [0.25, 0.3) is 0 Å². The summed E-state index contributed by atoms with van der Waals surface area (Å²) < 4.78 is 2.02. The van der Waals surface area contributed by atoms with Crippen LogP contribution in [0, 0.1) is 0 Å². The standard InChI is InChI=1S/C11H14N2/c1-11(2,3)9-6-8-13-7-4-5-10(13)12-9/h4-8H,1-3H3. The van der Waals surface area contributed by atoms with Gasteiger partial charge in [0.15, 0.2) is 0 Å². The molecule has 0 radical (unpaired) electrons. The van der Waals surface area contributed by atoms with Crippen LogP contribution < -0.4 is 0 Å². The van der Waals surface area contributed by atoms with Gasteiger partial charge in [0, 0.05) is 23.5 Å². The van der Waals surface area contributed by atoms with Crippen molar-refractivity contribution in [2.45, 2.75) is 26.2 Å². The van der Waals surface area contributed by atoms with E-state index < -0.39 is 0 Å². The average molecular weight is 174 g/mol. The third kappa shape index (κ3) is 1.44. The molecule has 0 unspecified atom stereocenters. The first kappa shape index (κ1) is 8.30. The molecule has 2 nitrogen and oxygen atoms in total. The third-order valence-electron chi connectivity index (χ3n) is 2.15. The van der Waals surface area contributed by atoms with E-state index in [0.717, 1.165) is 11.3 Å². The van der Waals surface area contributed by atoms with Crippen molar-refractivity contribution in [3.05, 3.63) is 36.3 Å². The first-order valence-corrected chi connectivity index (χ1v) is 4.51. The van der Waals surface area contributed by atoms with E-state index in [1.165, 1.54) is 0 Å². The van der Waals surface area contributed by atoms with E-state index in [9.17, 15) is 0 Å². The fourth-order valence-electron chi connectivity index (χ4n) is 1.33. The van der Waals surface area contributed by atoms with E-state index in [-0.39, 0.29) is 5.41 Å². The van der Waals surface area contributed by atoms with Crippen LogP contribution in [0.4, 0.5) is 0 Å². The maximum atomic E-state index is 4.57. The van der Waals surface area contributed by atoms with Gasteiger partial charge in [-0.3, -0.25) is 0 Å². The summed E-state index contributed by atoms with van der Waals surface area (Å²) in [5.74, 6) is 0. The first-order valence-electron chi connectivity index (χ1n) is 4.51. The van der Waals surface area contributed by atoms with Crippen LogP contribution in [0.3, 0.4) is 0 Å². The van der Waals surface area contributed by atoms with Crippen molar-refractivity contribution in [2.24, 2.45) is 0 Å². The van der Waals surface area contributed by atoms with E-state index in [1.54, 1.807) is 0 Å². The van der Waals surface area contributed by atoms with Crippen LogP contribution >= 0.6 is 0 Å². The van der Waals surface area contributed by atoms with Crippen LogP contribution in [-0.4, -0.2) is 9.38 Å². The topological polar surface area (TPSA) is 17.3 Å². The smallest absolute Gasteiger partial charge is 0.136 e. The van der Waals surface area contributed by atoms with Gasteiger partial charge in [0.2, 0.25) is 0 Å². The predicted octanol–water partition coefficient (Wildman–Crippen LogP) is 2.63. The Bertz CT molecular complexity index is 421. The lowest BCUT2D eigenvalue weighted by molar-refractivity contribution is 0.569. The molecule has 0 aliphatic rings. The largest absolute Gasteiger partial charge is 0.309 e. The summed E-state index contributed by atoms with van der Waals surface area (Å²) in [6.07, 6.45) is 4.07. The van der Waals surface area contributed by atoms with Gasteiger partial charge in [-0.25, -0.2) is 4.98 Å². The van der Waals surface area contributed by atoms with Gasteiger partial charge in [-0.05, 0) is 18.2 Å². The molecular formula is C11H14N2. The predicted molar refractivity (Wildman–Crippen MR) is 53.9 cm³/mol. The molecule has 0 aliphatic heterocycles. The van der Waals surface area contributed by atoms with Gasteiger partial charge in [0.1, 0.15) is 5.65 Å². The summed E-state index contributed by atoms with van der Waals surface area (Å²) in [5, 5.41) is 0. The highest BCUT2D eigenvalue weighted by Crippen LogP contribution is 2.20. The van der Waals surface area contributed by atoms with Gasteiger partial charge in [-0.1, -0.05) is 20.8 Å². The summed E-state index contributed by atoms with van der Waals surface area (Å²) in [4.78, 5) is 4.57. The molecule has 2 aromatic rings. The number of hydrogen-bond donors (Lipinski definition) is 0. The van der Waals surface area contributed by atoms with Crippen molar-refractivity contribution >= 4 is 5.65 Å². The highest BCUT2D eigenvalue weighted by atomic mass is 15.0. The Balaban J connectivity index is 2.61. The number of rotatable bonds is 0. The Morgan fingerprint density at radius 1 is 1.15 bits per heavy atom. The summed E-state index contributed by atoms with van der Waals surface area (Å²) >= 11 is 0. The van der Waals surface area contributed by atoms with E-state index in [2.05, 4.69) is 38.0 Å². The zero-order chi connectivity index (χ0) is 9.47. The first-order chi connectivity index (χ1) is 6.07. The number of fused-ring (bicyclic) bond motifs is 1. The van der Waals surface area contributed by atoms with Gasteiger partial charge < -0.3 is 4.40 Å². The van der Waals surface area contributed by atoms with Crippen molar-refractivity contribution in [2.75, 3.05) is 0 Å². The van der Waals surface area contributed by atoms with Gasteiger partial charge >= 0.3 is 0 Å². The molecule has 0 aromatic carbocycles. The van der Waals surface area contributed by atoms with Crippen molar-refractivity contribution in [3.8, 4) is 0 Å². The summed E-state index contributed by atoms with van der Waals surface area (Å²) in [6.45, 7) is 6.53. The SMILES string of the molecule is CC(C)(C)c1ccn2cccc2n1.